The van der Waals surface area contributed by atoms with E-state index in [1.807, 2.05) is 24.3 Å². The van der Waals surface area contributed by atoms with Gasteiger partial charge >= 0.3 is 0 Å². The standard InChI is InChI=1S/C45H30ClN3O/c46-39-22-10-21-36-41-35(20-11-23-40(41)50-42(36)39)37-26-30(24-28-14-4-7-17-32(28)37)44-47-43(27-12-2-1-3-13-27)48-45(49-44)38-25-29-15-5-6-16-31(29)33-18-8-9-19-34(33)38/h1-26,43,45,48H,(H,47,49). The van der Waals surface area contributed by atoms with Crippen LogP contribution in [0.4, 0.5) is 0 Å². The van der Waals surface area contributed by atoms with E-state index in [1.165, 1.54) is 27.1 Å². The molecule has 2 unspecified atom stereocenters. The SMILES string of the molecule is Clc1cccc2c1oc1cccc(-c3cc(C4=NC(c5ccccc5)NC(c5cc6ccccc6c6ccccc56)N4)cc4ccccc34)c12. The van der Waals surface area contributed by atoms with Gasteiger partial charge in [0.1, 0.15) is 23.8 Å². The number of benzene rings is 8. The highest BCUT2D eigenvalue weighted by molar-refractivity contribution is 6.36. The van der Waals surface area contributed by atoms with Crippen molar-refractivity contribution in [3.05, 3.63) is 179 Å². The fraction of sp³-hybridized carbons (Fsp3) is 0.0444. The third-order valence-electron chi connectivity index (χ3n) is 9.99. The third kappa shape index (κ3) is 4.68. The second kappa shape index (κ2) is 11.6. The van der Waals surface area contributed by atoms with E-state index in [4.69, 9.17) is 21.0 Å². The van der Waals surface area contributed by atoms with Crippen LogP contribution in [0.25, 0.3) is 65.4 Å². The van der Waals surface area contributed by atoms with Crippen LogP contribution in [0, 0.1) is 0 Å². The van der Waals surface area contributed by atoms with Gasteiger partial charge in [0.25, 0.3) is 0 Å². The molecule has 0 radical (unpaired) electrons. The Morgan fingerprint density at radius 1 is 0.560 bits per heavy atom. The van der Waals surface area contributed by atoms with Crippen molar-refractivity contribution in [1.29, 1.82) is 0 Å². The number of fused-ring (bicyclic) bond motifs is 7. The smallest absolute Gasteiger partial charge is 0.154 e. The molecular formula is C45H30ClN3O. The molecule has 8 aromatic carbocycles. The van der Waals surface area contributed by atoms with Crippen LogP contribution in [0.1, 0.15) is 29.0 Å². The van der Waals surface area contributed by atoms with Gasteiger partial charge in [0.15, 0.2) is 5.58 Å². The fourth-order valence-electron chi connectivity index (χ4n) is 7.70. The molecule has 0 aliphatic carbocycles. The van der Waals surface area contributed by atoms with E-state index in [-0.39, 0.29) is 12.3 Å². The first kappa shape index (κ1) is 29.0. The van der Waals surface area contributed by atoms with E-state index in [2.05, 4.69) is 144 Å². The van der Waals surface area contributed by atoms with Crippen LogP contribution in [0.3, 0.4) is 0 Å². The first-order valence-electron chi connectivity index (χ1n) is 16.9. The Balaban J connectivity index is 1.19. The summed E-state index contributed by atoms with van der Waals surface area (Å²) in [6.45, 7) is 0. The van der Waals surface area contributed by atoms with Crippen LogP contribution in [0.15, 0.2) is 167 Å². The maximum absolute atomic E-state index is 6.62. The number of aliphatic imine (C=N–C) groups is 1. The maximum atomic E-state index is 6.62. The maximum Gasteiger partial charge on any atom is 0.154 e. The molecule has 1 aliphatic heterocycles. The number of furan rings is 1. The third-order valence-corrected chi connectivity index (χ3v) is 10.3. The predicted octanol–water partition coefficient (Wildman–Crippen LogP) is 11.7. The van der Waals surface area contributed by atoms with Gasteiger partial charge in [-0.25, -0.2) is 4.99 Å². The van der Waals surface area contributed by atoms with Gasteiger partial charge in [-0.2, -0.15) is 0 Å². The van der Waals surface area contributed by atoms with Crippen molar-refractivity contribution < 1.29 is 4.42 Å². The van der Waals surface area contributed by atoms with Crippen molar-refractivity contribution in [3.63, 3.8) is 0 Å². The van der Waals surface area contributed by atoms with E-state index >= 15 is 0 Å². The minimum absolute atomic E-state index is 0.208. The summed E-state index contributed by atoms with van der Waals surface area (Å²) in [4.78, 5) is 5.35. The number of hydrogen-bond acceptors (Lipinski definition) is 4. The summed E-state index contributed by atoms with van der Waals surface area (Å²) in [6.07, 6.45) is -0.471. The molecule has 0 saturated heterocycles. The van der Waals surface area contributed by atoms with Crippen molar-refractivity contribution in [2.24, 2.45) is 4.99 Å². The molecule has 238 valence electrons. The fourth-order valence-corrected chi connectivity index (χ4v) is 7.91. The van der Waals surface area contributed by atoms with Gasteiger partial charge in [-0.3, -0.25) is 5.32 Å². The zero-order valence-electron chi connectivity index (χ0n) is 26.9. The summed E-state index contributed by atoms with van der Waals surface area (Å²) in [5.74, 6) is 0.833. The second-order valence-corrected chi connectivity index (χ2v) is 13.3. The largest absolute Gasteiger partial charge is 0.454 e. The molecular weight excluding hydrogens is 634 g/mol. The molecule has 2 atom stereocenters. The number of halogens is 1. The first-order valence-corrected chi connectivity index (χ1v) is 17.3. The summed E-state index contributed by atoms with van der Waals surface area (Å²) < 4.78 is 6.32. The number of para-hydroxylation sites is 1. The quantitative estimate of drug-likeness (QED) is 0.184. The molecule has 4 nitrogen and oxygen atoms in total. The van der Waals surface area contributed by atoms with Crippen molar-refractivity contribution in [2.45, 2.75) is 12.3 Å². The molecule has 0 spiro atoms. The molecule has 5 heteroatoms. The predicted molar refractivity (Wildman–Crippen MR) is 208 cm³/mol. The van der Waals surface area contributed by atoms with Crippen LogP contribution in [0.2, 0.25) is 5.02 Å². The molecule has 0 amide bonds. The zero-order chi connectivity index (χ0) is 33.2. The molecule has 2 N–H and O–H groups in total. The highest BCUT2D eigenvalue weighted by Crippen LogP contribution is 2.42. The number of amidine groups is 1. The van der Waals surface area contributed by atoms with Crippen LogP contribution in [0.5, 0.6) is 0 Å². The van der Waals surface area contributed by atoms with Crippen LogP contribution < -0.4 is 10.6 Å². The molecule has 1 aliphatic rings. The lowest BCUT2D eigenvalue weighted by Gasteiger charge is -2.33. The van der Waals surface area contributed by atoms with E-state index in [0.29, 0.717) is 10.6 Å². The topological polar surface area (TPSA) is 49.6 Å². The molecule has 50 heavy (non-hydrogen) atoms. The van der Waals surface area contributed by atoms with Gasteiger partial charge < -0.3 is 9.73 Å². The highest BCUT2D eigenvalue weighted by atomic mass is 35.5. The molecule has 9 aromatic rings. The van der Waals surface area contributed by atoms with E-state index < -0.39 is 0 Å². The van der Waals surface area contributed by atoms with E-state index in [0.717, 1.165) is 55.2 Å². The van der Waals surface area contributed by atoms with Crippen molar-refractivity contribution in [2.75, 3.05) is 0 Å². The average molecular weight is 664 g/mol. The van der Waals surface area contributed by atoms with Crippen molar-refractivity contribution in [1.82, 2.24) is 10.6 Å². The van der Waals surface area contributed by atoms with Crippen LogP contribution in [-0.4, -0.2) is 5.84 Å². The molecule has 10 rings (SSSR count). The lowest BCUT2D eigenvalue weighted by molar-refractivity contribution is 0.411. The van der Waals surface area contributed by atoms with Gasteiger partial charge in [0.2, 0.25) is 0 Å². The molecule has 0 bridgehead atoms. The Hall–Kier alpha value is -5.94. The molecule has 1 aromatic heterocycles. The summed E-state index contributed by atoms with van der Waals surface area (Å²) >= 11 is 6.62. The van der Waals surface area contributed by atoms with Gasteiger partial charge in [0, 0.05) is 16.3 Å². The van der Waals surface area contributed by atoms with Crippen molar-refractivity contribution in [3.8, 4) is 11.1 Å². The van der Waals surface area contributed by atoms with Gasteiger partial charge in [0.05, 0.1) is 5.02 Å². The Morgan fingerprint density at radius 2 is 1.24 bits per heavy atom. The molecule has 0 saturated carbocycles. The lowest BCUT2D eigenvalue weighted by atomic mass is 9.92. The Bertz CT molecular complexity index is 2800. The van der Waals surface area contributed by atoms with Crippen molar-refractivity contribution >= 4 is 71.7 Å². The highest BCUT2D eigenvalue weighted by Gasteiger charge is 2.28. The Morgan fingerprint density at radius 3 is 2.08 bits per heavy atom. The summed E-state index contributed by atoms with van der Waals surface area (Å²) in [7, 11) is 0. The summed E-state index contributed by atoms with van der Waals surface area (Å²) in [6, 6.07) is 55.4. The number of rotatable bonds is 4. The van der Waals surface area contributed by atoms with Gasteiger partial charge in [-0.15, -0.1) is 0 Å². The average Bonchev–Trinajstić information content (AvgIpc) is 3.58. The van der Waals surface area contributed by atoms with E-state index in [1.54, 1.807) is 0 Å². The molecule has 2 heterocycles. The minimum atomic E-state index is -0.263. The number of hydrogen-bond donors (Lipinski definition) is 2. The first-order chi connectivity index (χ1) is 24.7. The normalized spacial score (nSPS) is 16.3. The number of nitrogens with zero attached hydrogens (tertiary/aromatic N) is 1. The molecule has 0 fully saturated rings. The zero-order valence-corrected chi connectivity index (χ0v) is 27.7. The van der Waals surface area contributed by atoms with Crippen LogP contribution >= 0.6 is 11.6 Å². The lowest BCUT2D eigenvalue weighted by Crippen LogP contribution is -2.45. The van der Waals surface area contributed by atoms with Gasteiger partial charge in [-0.05, 0) is 84.9 Å². The minimum Gasteiger partial charge on any atom is -0.454 e. The summed E-state index contributed by atoms with van der Waals surface area (Å²) in [5.41, 5.74) is 7.02. The van der Waals surface area contributed by atoms with Crippen LogP contribution in [-0.2, 0) is 0 Å². The summed E-state index contributed by atoms with van der Waals surface area (Å²) in [5, 5.41) is 17.6. The number of nitrogens with one attached hydrogen (secondary N) is 2. The van der Waals surface area contributed by atoms with E-state index in [9.17, 15) is 0 Å². The second-order valence-electron chi connectivity index (χ2n) is 12.9. The Labute approximate surface area is 293 Å². The monoisotopic (exact) mass is 663 g/mol. The van der Waals surface area contributed by atoms with Gasteiger partial charge in [-0.1, -0.05) is 139 Å². The Kier molecular flexibility index (Phi) is 6.73.